The summed E-state index contributed by atoms with van der Waals surface area (Å²) in [6.07, 6.45) is 6.57. The van der Waals surface area contributed by atoms with Gasteiger partial charge in [0.15, 0.2) is 6.61 Å². The SMILES string of the molecule is CC1CCCC(C)N1C(=O)COC(=O)c1ccc(Cn2cccn2)o1. The first-order valence-electron chi connectivity index (χ1n) is 8.59. The molecule has 2 unspecified atom stereocenters. The number of piperidine rings is 1. The van der Waals surface area contributed by atoms with Crippen molar-refractivity contribution >= 4 is 11.9 Å². The Labute approximate surface area is 146 Å². The number of ether oxygens (including phenoxy) is 1. The molecule has 0 radical (unpaired) electrons. The highest BCUT2D eigenvalue weighted by molar-refractivity contribution is 5.89. The van der Waals surface area contributed by atoms with Gasteiger partial charge in [0.05, 0.1) is 6.54 Å². The fourth-order valence-corrected chi connectivity index (χ4v) is 3.31. The standard InChI is InChI=1S/C18H23N3O4/c1-13-5-3-6-14(2)21(13)17(22)12-24-18(23)16-8-7-15(25-16)11-20-10-4-9-19-20/h4,7-10,13-14H,3,5-6,11-12H2,1-2H3. The van der Waals surface area contributed by atoms with E-state index in [1.807, 2.05) is 24.8 Å². The van der Waals surface area contributed by atoms with Crippen LogP contribution in [0.2, 0.25) is 0 Å². The molecule has 134 valence electrons. The van der Waals surface area contributed by atoms with Crippen molar-refractivity contribution in [1.82, 2.24) is 14.7 Å². The van der Waals surface area contributed by atoms with Crippen LogP contribution >= 0.6 is 0 Å². The molecule has 0 saturated carbocycles. The summed E-state index contributed by atoms with van der Waals surface area (Å²) in [5, 5.41) is 4.08. The van der Waals surface area contributed by atoms with Crippen molar-refractivity contribution in [3.8, 4) is 0 Å². The molecular weight excluding hydrogens is 322 g/mol. The number of aromatic nitrogens is 2. The average Bonchev–Trinajstić information content (AvgIpc) is 3.25. The van der Waals surface area contributed by atoms with Gasteiger partial charge < -0.3 is 14.1 Å². The predicted molar refractivity (Wildman–Crippen MR) is 89.9 cm³/mol. The molecule has 1 aliphatic heterocycles. The molecule has 0 spiro atoms. The minimum Gasteiger partial charge on any atom is -0.452 e. The topological polar surface area (TPSA) is 77.6 Å². The smallest absolute Gasteiger partial charge is 0.374 e. The van der Waals surface area contributed by atoms with Gasteiger partial charge in [-0.05, 0) is 51.3 Å². The highest BCUT2D eigenvalue weighted by atomic mass is 16.5. The van der Waals surface area contributed by atoms with Gasteiger partial charge in [0.25, 0.3) is 5.91 Å². The second-order valence-corrected chi connectivity index (χ2v) is 6.48. The van der Waals surface area contributed by atoms with Crippen LogP contribution in [0.5, 0.6) is 0 Å². The zero-order valence-corrected chi connectivity index (χ0v) is 14.6. The van der Waals surface area contributed by atoms with E-state index in [1.54, 1.807) is 29.2 Å². The third-order valence-electron chi connectivity index (χ3n) is 4.55. The summed E-state index contributed by atoms with van der Waals surface area (Å²) in [6, 6.07) is 5.43. The van der Waals surface area contributed by atoms with Crippen molar-refractivity contribution in [1.29, 1.82) is 0 Å². The van der Waals surface area contributed by atoms with Crippen LogP contribution in [-0.4, -0.2) is 45.2 Å². The Morgan fingerprint density at radius 2 is 2.04 bits per heavy atom. The number of nitrogens with zero attached hydrogens (tertiary/aromatic N) is 3. The summed E-state index contributed by atoms with van der Waals surface area (Å²) in [4.78, 5) is 26.3. The van der Waals surface area contributed by atoms with Gasteiger partial charge in [-0.1, -0.05) is 0 Å². The molecule has 1 amide bonds. The molecule has 0 aliphatic carbocycles. The predicted octanol–water partition coefficient (Wildman–Crippen LogP) is 2.47. The zero-order chi connectivity index (χ0) is 17.8. The summed E-state index contributed by atoms with van der Waals surface area (Å²) in [6.45, 7) is 4.23. The van der Waals surface area contributed by atoms with Gasteiger partial charge in [-0.3, -0.25) is 9.48 Å². The first-order chi connectivity index (χ1) is 12.0. The van der Waals surface area contributed by atoms with Gasteiger partial charge in [0, 0.05) is 24.5 Å². The second-order valence-electron chi connectivity index (χ2n) is 6.48. The Balaban J connectivity index is 1.54. The van der Waals surface area contributed by atoms with E-state index in [-0.39, 0.29) is 30.4 Å². The van der Waals surface area contributed by atoms with E-state index in [0.717, 1.165) is 19.3 Å². The normalized spacial score (nSPS) is 20.5. The van der Waals surface area contributed by atoms with E-state index in [1.165, 1.54) is 0 Å². The van der Waals surface area contributed by atoms with Crippen LogP contribution < -0.4 is 0 Å². The van der Waals surface area contributed by atoms with Crippen LogP contribution in [0.1, 0.15) is 49.4 Å². The first-order valence-corrected chi connectivity index (χ1v) is 8.59. The van der Waals surface area contributed by atoms with Gasteiger partial charge in [-0.15, -0.1) is 0 Å². The largest absolute Gasteiger partial charge is 0.452 e. The maximum absolute atomic E-state index is 12.4. The fourth-order valence-electron chi connectivity index (χ4n) is 3.31. The second kappa shape index (κ2) is 7.55. The highest BCUT2D eigenvalue weighted by Crippen LogP contribution is 2.22. The molecule has 2 atom stereocenters. The summed E-state index contributed by atoms with van der Waals surface area (Å²) in [5.74, 6) is -0.0938. The summed E-state index contributed by atoms with van der Waals surface area (Å²) in [7, 11) is 0. The molecule has 2 aromatic rings. The number of esters is 1. The van der Waals surface area contributed by atoms with Crippen LogP contribution in [-0.2, 0) is 16.1 Å². The number of rotatable bonds is 5. The van der Waals surface area contributed by atoms with E-state index in [0.29, 0.717) is 12.3 Å². The van der Waals surface area contributed by atoms with E-state index < -0.39 is 5.97 Å². The van der Waals surface area contributed by atoms with Crippen molar-refractivity contribution in [2.24, 2.45) is 0 Å². The highest BCUT2D eigenvalue weighted by Gasteiger charge is 2.29. The Bertz CT molecular complexity index is 713. The minimum absolute atomic E-state index is 0.0923. The van der Waals surface area contributed by atoms with Crippen molar-refractivity contribution < 1.29 is 18.7 Å². The molecule has 25 heavy (non-hydrogen) atoms. The number of hydrogen-bond donors (Lipinski definition) is 0. The first kappa shape index (κ1) is 17.3. The van der Waals surface area contributed by atoms with E-state index in [9.17, 15) is 9.59 Å². The lowest BCUT2D eigenvalue weighted by Crippen LogP contribution is -2.49. The molecule has 1 aliphatic rings. The molecule has 1 fully saturated rings. The van der Waals surface area contributed by atoms with Crippen LogP contribution in [0, 0.1) is 0 Å². The molecule has 3 rings (SSSR count). The number of hydrogen-bond acceptors (Lipinski definition) is 5. The van der Waals surface area contributed by atoms with Crippen molar-refractivity contribution in [2.45, 2.75) is 51.7 Å². The maximum Gasteiger partial charge on any atom is 0.374 e. The molecule has 0 N–H and O–H groups in total. The van der Waals surface area contributed by atoms with E-state index in [4.69, 9.17) is 9.15 Å². The monoisotopic (exact) mass is 345 g/mol. The van der Waals surface area contributed by atoms with Gasteiger partial charge in [-0.2, -0.15) is 5.10 Å². The third-order valence-corrected chi connectivity index (χ3v) is 4.55. The quantitative estimate of drug-likeness (QED) is 0.778. The molecule has 0 bridgehead atoms. The Hall–Kier alpha value is -2.57. The lowest BCUT2D eigenvalue weighted by molar-refractivity contribution is -0.140. The summed E-state index contributed by atoms with van der Waals surface area (Å²) in [5.41, 5.74) is 0. The average molecular weight is 345 g/mol. The zero-order valence-electron chi connectivity index (χ0n) is 14.6. The molecule has 1 saturated heterocycles. The molecule has 7 nitrogen and oxygen atoms in total. The fraction of sp³-hybridized carbons (Fsp3) is 0.500. The van der Waals surface area contributed by atoms with Gasteiger partial charge in [-0.25, -0.2) is 4.79 Å². The molecule has 7 heteroatoms. The maximum atomic E-state index is 12.4. The van der Waals surface area contributed by atoms with E-state index >= 15 is 0 Å². The summed E-state index contributed by atoms with van der Waals surface area (Å²) >= 11 is 0. The van der Waals surface area contributed by atoms with Crippen LogP contribution in [0.3, 0.4) is 0 Å². The van der Waals surface area contributed by atoms with Crippen molar-refractivity contribution in [2.75, 3.05) is 6.61 Å². The number of likely N-dealkylation sites (tertiary alicyclic amines) is 1. The number of carbonyl (C=O) groups excluding carboxylic acids is 2. The van der Waals surface area contributed by atoms with Crippen molar-refractivity contribution in [3.63, 3.8) is 0 Å². The lowest BCUT2D eigenvalue weighted by atomic mass is 9.97. The molecule has 0 aromatic carbocycles. The number of carbonyl (C=O) groups is 2. The van der Waals surface area contributed by atoms with E-state index in [2.05, 4.69) is 5.10 Å². The molecular formula is C18H23N3O4. The third kappa shape index (κ3) is 4.10. The molecule has 3 heterocycles. The van der Waals surface area contributed by atoms with Gasteiger partial charge in [0.2, 0.25) is 5.76 Å². The van der Waals surface area contributed by atoms with Crippen LogP contribution in [0.15, 0.2) is 35.0 Å². The van der Waals surface area contributed by atoms with Gasteiger partial charge >= 0.3 is 5.97 Å². The van der Waals surface area contributed by atoms with Gasteiger partial charge in [0.1, 0.15) is 5.76 Å². The lowest BCUT2D eigenvalue weighted by Gasteiger charge is -2.38. The number of amides is 1. The Kier molecular flexibility index (Phi) is 5.21. The number of furan rings is 1. The Morgan fingerprint density at radius 1 is 1.28 bits per heavy atom. The minimum atomic E-state index is -0.627. The van der Waals surface area contributed by atoms with Crippen LogP contribution in [0.25, 0.3) is 0 Å². The van der Waals surface area contributed by atoms with Crippen LogP contribution in [0.4, 0.5) is 0 Å². The van der Waals surface area contributed by atoms with Crippen molar-refractivity contribution in [3.05, 3.63) is 42.1 Å². The molecule has 2 aromatic heterocycles. The summed E-state index contributed by atoms with van der Waals surface area (Å²) < 4.78 is 12.3. The Morgan fingerprint density at radius 3 is 2.72 bits per heavy atom.